The Kier molecular flexibility index (Phi) is 9.02. The van der Waals surface area contributed by atoms with Gasteiger partial charge in [0, 0.05) is 33.5 Å². The highest BCUT2D eigenvalue weighted by Crippen LogP contribution is 2.44. The summed E-state index contributed by atoms with van der Waals surface area (Å²) in [6.45, 7) is 0. The molecule has 0 saturated heterocycles. The zero-order chi connectivity index (χ0) is 39.8. The Hall–Kier alpha value is -7.68. The average molecular weight is 767 g/mol. The molecule has 0 N–H and O–H groups in total. The summed E-state index contributed by atoms with van der Waals surface area (Å²) >= 11 is 0. The smallest absolute Gasteiger partial charge is 0.0546 e. The second-order valence-electron chi connectivity index (χ2n) is 15.6. The molecule has 0 radical (unpaired) electrons. The van der Waals surface area contributed by atoms with Gasteiger partial charge in [0.15, 0.2) is 0 Å². The minimum atomic E-state index is 0.988. The lowest BCUT2D eigenvalue weighted by Gasteiger charge is -2.30. The fourth-order valence-corrected chi connectivity index (χ4v) is 9.16. The predicted octanol–water partition coefficient (Wildman–Crippen LogP) is 16.5. The Morgan fingerprint density at radius 2 is 0.767 bits per heavy atom. The topological polar surface area (TPSA) is 6.48 Å². The third-order valence-corrected chi connectivity index (χ3v) is 12.0. The molecule has 0 fully saturated rings. The molecule has 0 aromatic heterocycles. The van der Waals surface area contributed by atoms with E-state index in [1.54, 1.807) is 0 Å². The van der Waals surface area contributed by atoms with Crippen LogP contribution in [0, 0.1) is 0 Å². The van der Waals surface area contributed by atoms with Gasteiger partial charge >= 0.3 is 0 Å². The highest BCUT2D eigenvalue weighted by molar-refractivity contribution is 6.15. The maximum absolute atomic E-state index is 2.47. The second-order valence-corrected chi connectivity index (χ2v) is 15.6. The SMILES string of the molecule is C1=CCCC(N(c2ccc(-c3cccc(-c4ccc(N(c5ccccc5)c5cc6ccccc6c6ccccc56)cc4)c3)cc2)c2cc3ccccc3c3ccccc23)=C1. The Morgan fingerprint density at radius 3 is 1.30 bits per heavy atom. The van der Waals surface area contributed by atoms with Gasteiger partial charge in [-0.1, -0.05) is 170 Å². The summed E-state index contributed by atoms with van der Waals surface area (Å²) < 4.78 is 0. The standard InChI is InChI=1S/C58H42N2/c1-3-20-47(21-4-1)59(57-39-45-16-7-9-24-51(45)53-26-11-13-28-55(53)57)49-34-30-41(31-35-49)43-18-15-19-44(38-43)42-32-36-50(37-33-42)60(48-22-5-2-6-23-48)58-40-46-17-8-10-25-52(46)54-27-12-14-29-56(54)58/h1-5,7-22,24-40H,6,23H2. The van der Waals surface area contributed by atoms with Crippen molar-refractivity contribution in [3.8, 4) is 22.3 Å². The van der Waals surface area contributed by atoms with Crippen LogP contribution in [0.3, 0.4) is 0 Å². The van der Waals surface area contributed by atoms with Gasteiger partial charge in [-0.3, -0.25) is 0 Å². The number of anilines is 5. The van der Waals surface area contributed by atoms with Crippen molar-refractivity contribution in [3.05, 3.63) is 236 Å². The molecule has 0 spiro atoms. The van der Waals surface area contributed by atoms with Crippen LogP contribution in [0.1, 0.15) is 12.8 Å². The molecule has 1 aliphatic rings. The molecule has 0 unspecified atom stereocenters. The molecule has 1 aliphatic carbocycles. The molecule has 0 bridgehead atoms. The van der Waals surface area contributed by atoms with Gasteiger partial charge in [0.1, 0.15) is 0 Å². The largest absolute Gasteiger partial charge is 0.314 e. The lowest BCUT2D eigenvalue weighted by atomic mass is 9.97. The number of hydrogen-bond acceptors (Lipinski definition) is 2. The Morgan fingerprint density at radius 1 is 0.317 bits per heavy atom. The lowest BCUT2D eigenvalue weighted by molar-refractivity contribution is 0.920. The van der Waals surface area contributed by atoms with Crippen LogP contribution < -0.4 is 9.80 Å². The van der Waals surface area contributed by atoms with Crippen molar-refractivity contribution in [1.29, 1.82) is 0 Å². The highest BCUT2D eigenvalue weighted by atomic mass is 15.2. The summed E-state index contributed by atoms with van der Waals surface area (Å²) in [5.41, 5.74) is 11.8. The van der Waals surface area contributed by atoms with E-state index in [1.807, 2.05) is 0 Å². The highest BCUT2D eigenvalue weighted by Gasteiger charge is 2.20. The van der Waals surface area contributed by atoms with Crippen molar-refractivity contribution in [2.75, 3.05) is 9.80 Å². The van der Waals surface area contributed by atoms with Crippen molar-refractivity contribution in [2.45, 2.75) is 12.8 Å². The van der Waals surface area contributed by atoms with Crippen LogP contribution >= 0.6 is 0 Å². The maximum Gasteiger partial charge on any atom is 0.0546 e. The fraction of sp³-hybridized carbons (Fsp3) is 0.0345. The molecule has 284 valence electrons. The minimum absolute atomic E-state index is 0.988. The van der Waals surface area contributed by atoms with Gasteiger partial charge in [-0.25, -0.2) is 0 Å². The van der Waals surface area contributed by atoms with Gasteiger partial charge < -0.3 is 9.80 Å². The van der Waals surface area contributed by atoms with E-state index in [0.717, 1.165) is 35.6 Å². The van der Waals surface area contributed by atoms with Crippen LogP contribution in [0.2, 0.25) is 0 Å². The number of allylic oxidation sites excluding steroid dienone is 4. The minimum Gasteiger partial charge on any atom is -0.314 e. The molecule has 10 aromatic rings. The van der Waals surface area contributed by atoms with E-state index in [9.17, 15) is 0 Å². The molecule has 10 aromatic carbocycles. The van der Waals surface area contributed by atoms with E-state index < -0.39 is 0 Å². The Balaban J connectivity index is 0.943. The van der Waals surface area contributed by atoms with Gasteiger partial charge in [0.05, 0.1) is 11.4 Å². The summed E-state index contributed by atoms with van der Waals surface area (Å²) in [6, 6.07) is 77.5. The van der Waals surface area contributed by atoms with Gasteiger partial charge in [0.2, 0.25) is 0 Å². The van der Waals surface area contributed by atoms with Crippen molar-refractivity contribution in [3.63, 3.8) is 0 Å². The molecule has 2 heteroatoms. The van der Waals surface area contributed by atoms with Crippen molar-refractivity contribution >= 4 is 71.5 Å². The van der Waals surface area contributed by atoms with E-state index >= 15 is 0 Å². The van der Waals surface area contributed by atoms with E-state index in [0.29, 0.717) is 0 Å². The lowest BCUT2D eigenvalue weighted by Crippen LogP contribution is -2.17. The molecule has 2 nitrogen and oxygen atoms in total. The number of nitrogens with zero attached hydrogens (tertiary/aromatic N) is 2. The third kappa shape index (κ3) is 6.40. The first kappa shape index (κ1) is 35.5. The first-order valence-electron chi connectivity index (χ1n) is 20.9. The quantitative estimate of drug-likeness (QED) is 0.142. The van der Waals surface area contributed by atoms with Crippen LogP contribution in [0.5, 0.6) is 0 Å². The number of para-hydroxylation sites is 1. The number of benzene rings is 10. The number of fused-ring (bicyclic) bond motifs is 6. The zero-order valence-corrected chi connectivity index (χ0v) is 33.2. The molecule has 0 heterocycles. The monoisotopic (exact) mass is 766 g/mol. The first-order valence-corrected chi connectivity index (χ1v) is 20.9. The number of rotatable bonds is 8. The van der Waals surface area contributed by atoms with Crippen LogP contribution in [0.4, 0.5) is 28.4 Å². The summed E-state index contributed by atoms with van der Waals surface area (Å²) in [7, 11) is 0. The van der Waals surface area contributed by atoms with Crippen molar-refractivity contribution < 1.29 is 0 Å². The maximum atomic E-state index is 2.47. The van der Waals surface area contributed by atoms with Crippen LogP contribution in [-0.2, 0) is 0 Å². The summed E-state index contributed by atoms with van der Waals surface area (Å²) in [6.07, 6.45) is 8.76. The predicted molar refractivity (Wildman–Crippen MR) is 257 cm³/mol. The molecular formula is C58H42N2. The van der Waals surface area contributed by atoms with E-state index in [2.05, 4.69) is 240 Å². The first-order chi connectivity index (χ1) is 29.8. The normalized spacial score (nSPS) is 12.6. The summed E-state index contributed by atoms with van der Waals surface area (Å²) in [4.78, 5) is 4.86. The van der Waals surface area contributed by atoms with Crippen LogP contribution in [0.25, 0.3) is 65.3 Å². The molecular weight excluding hydrogens is 725 g/mol. The van der Waals surface area contributed by atoms with Crippen molar-refractivity contribution in [2.24, 2.45) is 0 Å². The third-order valence-electron chi connectivity index (χ3n) is 12.0. The molecule has 0 atom stereocenters. The Labute approximate surface area is 351 Å². The molecule has 0 aliphatic heterocycles. The van der Waals surface area contributed by atoms with E-state index in [-0.39, 0.29) is 0 Å². The fourth-order valence-electron chi connectivity index (χ4n) is 9.16. The van der Waals surface area contributed by atoms with Crippen LogP contribution in [-0.4, -0.2) is 0 Å². The molecule has 0 amide bonds. The molecule has 0 saturated carbocycles. The summed E-state index contributed by atoms with van der Waals surface area (Å²) in [5.74, 6) is 0. The van der Waals surface area contributed by atoms with Gasteiger partial charge in [-0.05, 0) is 128 Å². The van der Waals surface area contributed by atoms with E-state index in [1.165, 1.54) is 76.7 Å². The number of hydrogen-bond donors (Lipinski definition) is 0. The zero-order valence-electron chi connectivity index (χ0n) is 33.2. The van der Waals surface area contributed by atoms with E-state index in [4.69, 9.17) is 0 Å². The average Bonchev–Trinajstić information content (AvgIpc) is 3.33. The van der Waals surface area contributed by atoms with Crippen molar-refractivity contribution in [1.82, 2.24) is 0 Å². The summed E-state index contributed by atoms with van der Waals surface area (Å²) in [5, 5.41) is 10.0. The molecule has 60 heavy (non-hydrogen) atoms. The Bertz CT molecular complexity index is 3250. The molecule has 11 rings (SSSR count). The van der Waals surface area contributed by atoms with Gasteiger partial charge in [-0.15, -0.1) is 0 Å². The van der Waals surface area contributed by atoms with Gasteiger partial charge in [-0.2, -0.15) is 0 Å². The van der Waals surface area contributed by atoms with Gasteiger partial charge in [0.25, 0.3) is 0 Å². The second kappa shape index (κ2) is 15.2. The van der Waals surface area contributed by atoms with Crippen LogP contribution in [0.15, 0.2) is 236 Å².